The summed E-state index contributed by atoms with van der Waals surface area (Å²) in [5.41, 5.74) is -0.111. The van der Waals surface area contributed by atoms with Crippen LogP contribution in [0.25, 0.3) is 0 Å². The molecule has 3 nitrogen and oxygen atoms in total. The predicted molar refractivity (Wildman–Crippen MR) is 38.4 cm³/mol. The largest absolute Gasteiger partial charge is 0.360 e. The molecule has 2 N–H and O–H groups in total. The maximum absolute atomic E-state index is 8.85. The Balaban J connectivity index is 3.59. The summed E-state index contributed by atoms with van der Waals surface area (Å²) in [6.45, 7) is 9.02. The van der Waals surface area contributed by atoms with Gasteiger partial charge in [-0.3, -0.25) is 10.3 Å². The Morgan fingerprint density at radius 3 is 2.11 bits per heavy atom. The first kappa shape index (κ1) is 8.59. The van der Waals surface area contributed by atoms with Gasteiger partial charge in [-0.2, -0.15) is 0 Å². The molecule has 0 aromatic rings. The highest BCUT2D eigenvalue weighted by Crippen LogP contribution is 1.99. The van der Waals surface area contributed by atoms with Crippen molar-refractivity contribution in [2.45, 2.75) is 32.7 Å². The molecule has 0 aliphatic carbocycles. The lowest BCUT2D eigenvalue weighted by Crippen LogP contribution is -2.42. The van der Waals surface area contributed by atoms with Crippen molar-refractivity contribution in [3.8, 4) is 0 Å². The van der Waals surface area contributed by atoms with Gasteiger partial charge in [0.1, 0.15) is 0 Å². The summed E-state index contributed by atoms with van der Waals surface area (Å²) in [6.07, 6.45) is -0.843. The van der Waals surface area contributed by atoms with Crippen LogP contribution in [0.2, 0.25) is 0 Å². The van der Waals surface area contributed by atoms with Crippen LogP contribution in [0.15, 0.2) is 4.99 Å². The van der Waals surface area contributed by atoms with Gasteiger partial charge < -0.3 is 5.11 Å². The second-order valence-corrected chi connectivity index (χ2v) is 2.95. The lowest BCUT2D eigenvalue weighted by molar-refractivity contribution is 0.116. The first-order valence-corrected chi connectivity index (χ1v) is 2.87. The van der Waals surface area contributed by atoms with E-state index in [9.17, 15) is 0 Å². The van der Waals surface area contributed by atoms with E-state index in [1.165, 1.54) is 0 Å². The molecule has 0 spiro atoms. The second kappa shape index (κ2) is 2.94. The van der Waals surface area contributed by atoms with E-state index in [2.05, 4.69) is 17.0 Å². The van der Waals surface area contributed by atoms with E-state index >= 15 is 0 Å². The minimum atomic E-state index is -0.843. The Hall–Kier alpha value is -0.410. The summed E-state index contributed by atoms with van der Waals surface area (Å²) in [5, 5.41) is 11.6. The van der Waals surface area contributed by atoms with Crippen LogP contribution in [0.3, 0.4) is 0 Å². The van der Waals surface area contributed by atoms with E-state index in [-0.39, 0.29) is 5.54 Å². The molecule has 0 bridgehead atoms. The van der Waals surface area contributed by atoms with E-state index in [4.69, 9.17) is 5.11 Å². The smallest absolute Gasteiger partial charge is 0.201 e. The van der Waals surface area contributed by atoms with Crippen LogP contribution >= 0.6 is 0 Å². The number of aliphatic hydroxyl groups excluding tert-OH is 1. The summed E-state index contributed by atoms with van der Waals surface area (Å²) < 4.78 is 0. The van der Waals surface area contributed by atoms with Crippen molar-refractivity contribution in [1.82, 2.24) is 5.32 Å². The maximum atomic E-state index is 8.85. The quantitative estimate of drug-likeness (QED) is 0.418. The second-order valence-electron chi connectivity index (χ2n) is 2.95. The minimum absolute atomic E-state index is 0.111. The van der Waals surface area contributed by atoms with Gasteiger partial charge in [0.25, 0.3) is 0 Å². The molecule has 0 radical (unpaired) electrons. The van der Waals surface area contributed by atoms with Gasteiger partial charge in [0, 0.05) is 5.54 Å². The number of nitrogens with one attached hydrogen (secondary N) is 1. The number of hydrogen-bond acceptors (Lipinski definition) is 3. The van der Waals surface area contributed by atoms with Crippen molar-refractivity contribution in [2.24, 2.45) is 4.99 Å². The van der Waals surface area contributed by atoms with E-state index < -0.39 is 6.35 Å². The Labute approximate surface area is 55.8 Å². The van der Waals surface area contributed by atoms with Crippen LogP contribution < -0.4 is 5.32 Å². The number of nitrogens with zero attached hydrogens (tertiary/aromatic N) is 1. The normalized spacial score (nSPS) is 15.1. The molecule has 54 valence electrons. The summed E-state index contributed by atoms with van der Waals surface area (Å²) >= 11 is 0. The SMILES string of the molecule is C=NC(O)NC(C)(C)C. The fourth-order valence-electron chi connectivity index (χ4n) is 0.433. The minimum Gasteiger partial charge on any atom is -0.360 e. The highest BCUT2D eigenvalue weighted by Gasteiger charge is 2.12. The number of aliphatic hydroxyl groups is 1. The van der Waals surface area contributed by atoms with Crippen molar-refractivity contribution in [3.05, 3.63) is 0 Å². The van der Waals surface area contributed by atoms with E-state index in [0.717, 1.165) is 0 Å². The first-order valence-electron chi connectivity index (χ1n) is 2.87. The van der Waals surface area contributed by atoms with Crippen LogP contribution in [-0.2, 0) is 0 Å². The molecular weight excluding hydrogens is 116 g/mol. The number of rotatable bonds is 2. The molecule has 0 amide bonds. The number of hydrogen-bond donors (Lipinski definition) is 2. The monoisotopic (exact) mass is 130 g/mol. The topological polar surface area (TPSA) is 44.6 Å². The molecule has 0 aromatic carbocycles. The summed E-state index contributed by atoms with van der Waals surface area (Å²) in [6, 6.07) is 0. The molecule has 0 aliphatic rings. The van der Waals surface area contributed by atoms with Crippen LogP contribution in [0.4, 0.5) is 0 Å². The summed E-state index contributed by atoms with van der Waals surface area (Å²) in [5.74, 6) is 0. The van der Waals surface area contributed by atoms with Gasteiger partial charge in [-0.05, 0) is 27.5 Å². The molecule has 1 unspecified atom stereocenters. The number of aliphatic imine (C=N–C) groups is 1. The average Bonchev–Trinajstić information content (AvgIpc) is 1.62. The Morgan fingerprint density at radius 2 is 2.00 bits per heavy atom. The average molecular weight is 130 g/mol. The van der Waals surface area contributed by atoms with E-state index in [0.29, 0.717) is 0 Å². The van der Waals surface area contributed by atoms with Gasteiger partial charge in [0.15, 0.2) is 0 Å². The lowest BCUT2D eigenvalue weighted by atomic mass is 10.1. The standard InChI is InChI=1S/C6H14N2O/c1-6(2,3)8-5(9)7-4/h5,8-9H,4H2,1-3H3. The molecule has 9 heavy (non-hydrogen) atoms. The van der Waals surface area contributed by atoms with E-state index in [1.54, 1.807) is 0 Å². The van der Waals surface area contributed by atoms with Crippen molar-refractivity contribution in [2.75, 3.05) is 0 Å². The third-order valence-electron chi connectivity index (χ3n) is 0.735. The molecule has 1 atom stereocenters. The molecule has 0 fully saturated rings. The van der Waals surface area contributed by atoms with Crippen molar-refractivity contribution >= 4 is 6.72 Å². The van der Waals surface area contributed by atoms with Crippen molar-refractivity contribution in [1.29, 1.82) is 0 Å². The van der Waals surface area contributed by atoms with Crippen LogP contribution in [0, 0.1) is 0 Å². The molecule has 0 saturated heterocycles. The maximum Gasteiger partial charge on any atom is 0.201 e. The zero-order chi connectivity index (χ0) is 7.49. The molecule has 0 heterocycles. The zero-order valence-corrected chi connectivity index (χ0v) is 6.18. The first-order chi connectivity index (χ1) is 3.95. The lowest BCUT2D eigenvalue weighted by Gasteiger charge is -2.21. The Kier molecular flexibility index (Phi) is 2.81. The zero-order valence-electron chi connectivity index (χ0n) is 6.18. The van der Waals surface area contributed by atoms with Crippen LogP contribution in [0.5, 0.6) is 0 Å². The predicted octanol–water partition coefficient (Wildman–Crippen LogP) is 0.351. The molecule has 3 heteroatoms. The van der Waals surface area contributed by atoms with Crippen molar-refractivity contribution < 1.29 is 5.11 Å². The van der Waals surface area contributed by atoms with Gasteiger partial charge in [0.05, 0.1) is 0 Å². The molecule has 0 aliphatic heterocycles. The van der Waals surface area contributed by atoms with Crippen LogP contribution in [-0.4, -0.2) is 23.7 Å². The van der Waals surface area contributed by atoms with E-state index in [1.807, 2.05) is 20.8 Å². The van der Waals surface area contributed by atoms with Gasteiger partial charge in [-0.1, -0.05) is 0 Å². The van der Waals surface area contributed by atoms with Gasteiger partial charge >= 0.3 is 0 Å². The fraction of sp³-hybridized carbons (Fsp3) is 0.833. The molecular formula is C6H14N2O. The highest BCUT2D eigenvalue weighted by molar-refractivity contribution is 5.23. The van der Waals surface area contributed by atoms with Gasteiger partial charge in [-0.15, -0.1) is 0 Å². The molecule has 0 rings (SSSR count). The third kappa shape index (κ3) is 5.46. The Morgan fingerprint density at radius 1 is 1.56 bits per heavy atom. The Bertz CT molecular complexity index is 95.7. The van der Waals surface area contributed by atoms with Crippen molar-refractivity contribution in [3.63, 3.8) is 0 Å². The fourth-order valence-corrected chi connectivity index (χ4v) is 0.433. The third-order valence-corrected chi connectivity index (χ3v) is 0.735. The van der Waals surface area contributed by atoms with Gasteiger partial charge in [-0.25, -0.2) is 0 Å². The van der Waals surface area contributed by atoms with Gasteiger partial charge in [0.2, 0.25) is 6.35 Å². The molecule has 0 saturated carbocycles. The molecule has 0 aromatic heterocycles. The highest BCUT2D eigenvalue weighted by atomic mass is 16.3. The van der Waals surface area contributed by atoms with Crippen LogP contribution in [0.1, 0.15) is 20.8 Å². The summed E-state index contributed by atoms with van der Waals surface area (Å²) in [7, 11) is 0. The summed E-state index contributed by atoms with van der Waals surface area (Å²) in [4.78, 5) is 3.37.